The number of methoxy groups -OCH3 is 1. The molecule has 10 heteroatoms. The minimum absolute atomic E-state index is 0.0822. The summed E-state index contributed by atoms with van der Waals surface area (Å²) >= 11 is 0. The Kier molecular flexibility index (Phi) is 7.82. The molecular formula is C26H31N5O5. The van der Waals surface area contributed by atoms with E-state index in [4.69, 9.17) is 9.47 Å². The number of aromatic nitrogens is 4. The summed E-state index contributed by atoms with van der Waals surface area (Å²) in [5, 5.41) is 0. The molecular weight excluding hydrogens is 462 g/mol. The third kappa shape index (κ3) is 5.99. The number of hydrogen-bond acceptors (Lipinski definition) is 7. The van der Waals surface area contributed by atoms with Crippen LogP contribution in [0.4, 0.5) is 5.69 Å². The molecule has 1 aromatic carbocycles. The van der Waals surface area contributed by atoms with E-state index in [2.05, 4.69) is 15.0 Å². The van der Waals surface area contributed by atoms with Crippen LogP contribution in [-0.2, 0) is 22.6 Å². The first-order chi connectivity index (χ1) is 17.3. The Morgan fingerprint density at radius 3 is 2.50 bits per heavy atom. The predicted molar refractivity (Wildman–Crippen MR) is 133 cm³/mol. The number of aryl methyl sites for hydroxylation is 1. The summed E-state index contributed by atoms with van der Waals surface area (Å²) in [5.41, 5.74) is 1.25. The lowest BCUT2D eigenvalue weighted by Crippen LogP contribution is -2.51. The van der Waals surface area contributed by atoms with Gasteiger partial charge in [0.15, 0.2) is 0 Å². The molecule has 4 rings (SSSR count). The fraction of sp³-hybridized carbons (Fsp3) is 0.423. The Bertz CT molecular complexity index is 1380. The molecule has 3 aromatic rings. The monoisotopic (exact) mass is 493 g/mol. The van der Waals surface area contributed by atoms with Crippen LogP contribution in [0, 0.1) is 12.8 Å². The first kappa shape index (κ1) is 25.2. The minimum atomic E-state index is -0.680. The molecule has 2 heterocycles. The highest BCUT2D eigenvalue weighted by atomic mass is 16.5. The van der Waals surface area contributed by atoms with Crippen LogP contribution in [0.3, 0.4) is 0 Å². The fourth-order valence-electron chi connectivity index (χ4n) is 4.18. The molecule has 190 valence electrons. The Balaban J connectivity index is 1.72. The third-order valence-electron chi connectivity index (χ3n) is 6.25. The largest absolute Gasteiger partial charge is 0.474 e. The maximum Gasteiger partial charge on any atom is 0.335 e. The second kappa shape index (κ2) is 11.2. The standard InChI is InChI=1S/C26H31N5O5/c1-17-8-10-19(11-9-17)16-30-24(29-25(33)31(26(30)34)15-18(2)23(32)35-3)28-20-12-13-22(27-14-20)36-21-6-4-5-7-21/h8-14,18,21H,4-7,15-16H2,1-3H3,(H,28,29,33)/t18-/m0/s1. The number of carbonyl (C=O) groups is 1. The van der Waals surface area contributed by atoms with Gasteiger partial charge in [-0.1, -0.05) is 36.8 Å². The lowest BCUT2D eigenvalue weighted by Gasteiger charge is -2.14. The average Bonchev–Trinajstić information content (AvgIpc) is 3.39. The van der Waals surface area contributed by atoms with Crippen LogP contribution in [0.2, 0.25) is 0 Å². The van der Waals surface area contributed by atoms with Crippen molar-refractivity contribution in [2.24, 2.45) is 10.9 Å². The Labute approximate surface area is 208 Å². The predicted octanol–water partition coefficient (Wildman–Crippen LogP) is 2.45. The van der Waals surface area contributed by atoms with Crippen molar-refractivity contribution in [3.8, 4) is 5.88 Å². The first-order valence-corrected chi connectivity index (χ1v) is 12.1. The maximum absolute atomic E-state index is 13.4. The van der Waals surface area contributed by atoms with Crippen molar-refractivity contribution in [1.82, 2.24) is 19.1 Å². The molecule has 0 bridgehead atoms. The number of benzene rings is 1. The minimum Gasteiger partial charge on any atom is -0.474 e. The van der Waals surface area contributed by atoms with Gasteiger partial charge < -0.3 is 9.47 Å². The quantitative estimate of drug-likeness (QED) is 0.481. The summed E-state index contributed by atoms with van der Waals surface area (Å²) in [4.78, 5) is 49.7. The van der Waals surface area contributed by atoms with Crippen LogP contribution in [0.5, 0.6) is 5.88 Å². The van der Waals surface area contributed by atoms with Crippen molar-refractivity contribution in [1.29, 1.82) is 0 Å². The van der Waals surface area contributed by atoms with Crippen LogP contribution in [0.1, 0.15) is 43.7 Å². The van der Waals surface area contributed by atoms with Crippen molar-refractivity contribution in [3.05, 3.63) is 80.3 Å². The SMILES string of the molecule is COC(=O)[C@@H](C)Cn1c(=O)[nH]/c(=N\c2ccc(OC3CCCC3)nc2)n(Cc2ccc(C)cc2)c1=O. The molecule has 1 aliphatic rings. The van der Waals surface area contributed by atoms with E-state index in [0.29, 0.717) is 11.6 Å². The van der Waals surface area contributed by atoms with Gasteiger partial charge in [-0.15, -0.1) is 0 Å². The molecule has 2 aromatic heterocycles. The normalized spacial score (nSPS) is 15.1. The van der Waals surface area contributed by atoms with Crippen molar-refractivity contribution in [2.45, 2.75) is 58.7 Å². The van der Waals surface area contributed by atoms with Crippen LogP contribution in [0.15, 0.2) is 57.2 Å². The van der Waals surface area contributed by atoms with Crippen molar-refractivity contribution >= 4 is 11.7 Å². The topological polar surface area (TPSA) is 121 Å². The molecule has 1 N–H and O–H groups in total. The summed E-state index contributed by atoms with van der Waals surface area (Å²) in [7, 11) is 1.27. The zero-order valence-electron chi connectivity index (χ0n) is 20.8. The van der Waals surface area contributed by atoms with Gasteiger partial charge in [-0.2, -0.15) is 0 Å². The highest BCUT2D eigenvalue weighted by Gasteiger charge is 2.19. The van der Waals surface area contributed by atoms with Gasteiger partial charge in [-0.05, 0) is 44.2 Å². The number of nitrogens with one attached hydrogen (secondary N) is 1. The summed E-state index contributed by atoms with van der Waals surface area (Å²) in [6, 6.07) is 11.2. The number of hydrogen-bond donors (Lipinski definition) is 1. The molecule has 1 saturated carbocycles. The van der Waals surface area contributed by atoms with Gasteiger partial charge in [0.05, 0.1) is 31.5 Å². The summed E-state index contributed by atoms with van der Waals surface area (Å²) in [5.74, 6) is -0.666. The molecule has 0 unspecified atom stereocenters. The summed E-state index contributed by atoms with van der Waals surface area (Å²) < 4.78 is 13.0. The number of H-pyrrole nitrogens is 1. The lowest BCUT2D eigenvalue weighted by atomic mass is 10.1. The van der Waals surface area contributed by atoms with Gasteiger partial charge >= 0.3 is 17.3 Å². The zero-order chi connectivity index (χ0) is 25.7. The molecule has 0 amide bonds. The molecule has 0 saturated heterocycles. The van der Waals surface area contributed by atoms with Crippen molar-refractivity contribution in [3.63, 3.8) is 0 Å². The van der Waals surface area contributed by atoms with E-state index in [1.165, 1.54) is 11.7 Å². The third-order valence-corrected chi connectivity index (χ3v) is 6.25. The van der Waals surface area contributed by atoms with Gasteiger partial charge in [0, 0.05) is 12.6 Å². The van der Waals surface area contributed by atoms with E-state index in [1.54, 1.807) is 25.3 Å². The van der Waals surface area contributed by atoms with Crippen LogP contribution in [-0.4, -0.2) is 38.3 Å². The van der Waals surface area contributed by atoms with Gasteiger partial charge in [0.2, 0.25) is 11.5 Å². The van der Waals surface area contributed by atoms with Crippen molar-refractivity contribution in [2.75, 3.05) is 7.11 Å². The number of aromatic amines is 1. The molecule has 1 atom stereocenters. The summed E-state index contributed by atoms with van der Waals surface area (Å²) in [6.07, 6.45) is 6.11. The smallest absolute Gasteiger partial charge is 0.335 e. The zero-order valence-corrected chi connectivity index (χ0v) is 20.8. The molecule has 36 heavy (non-hydrogen) atoms. The average molecular weight is 494 g/mol. The Morgan fingerprint density at radius 2 is 1.86 bits per heavy atom. The molecule has 1 aliphatic carbocycles. The van der Waals surface area contributed by atoms with Gasteiger partial charge in [-0.25, -0.2) is 24.1 Å². The van der Waals surface area contributed by atoms with Crippen molar-refractivity contribution < 1.29 is 14.3 Å². The van der Waals surface area contributed by atoms with Crippen LogP contribution in [0.25, 0.3) is 0 Å². The number of pyridine rings is 1. The number of ether oxygens (including phenoxy) is 2. The van der Waals surface area contributed by atoms with E-state index in [-0.39, 0.29) is 24.8 Å². The second-order valence-electron chi connectivity index (χ2n) is 9.13. The van der Waals surface area contributed by atoms with E-state index < -0.39 is 23.3 Å². The molecule has 0 spiro atoms. The molecule has 0 radical (unpaired) electrons. The highest BCUT2D eigenvalue weighted by Crippen LogP contribution is 2.23. The number of esters is 1. The van der Waals surface area contributed by atoms with E-state index >= 15 is 0 Å². The molecule has 10 nitrogen and oxygen atoms in total. The van der Waals surface area contributed by atoms with E-state index in [1.807, 2.05) is 31.2 Å². The van der Waals surface area contributed by atoms with E-state index in [9.17, 15) is 14.4 Å². The summed E-state index contributed by atoms with van der Waals surface area (Å²) in [6.45, 7) is 3.63. The van der Waals surface area contributed by atoms with Gasteiger partial charge in [0.1, 0.15) is 6.10 Å². The fourth-order valence-corrected chi connectivity index (χ4v) is 4.18. The lowest BCUT2D eigenvalue weighted by molar-refractivity contribution is -0.145. The van der Waals surface area contributed by atoms with E-state index in [0.717, 1.165) is 41.4 Å². The first-order valence-electron chi connectivity index (χ1n) is 12.1. The number of rotatable bonds is 8. The van der Waals surface area contributed by atoms with Crippen LogP contribution < -0.4 is 21.7 Å². The number of nitrogens with zero attached hydrogens (tertiary/aromatic N) is 4. The van der Waals surface area contributed by atoms with Gasteiger partial charge in [0.25, 0.3) is 0 Å². The highest BCUT2D eigenvalue weighted by molar-refractivity contribution is 5.71. The number of carbonyl (C=O) groups excluding carboxylic acids is 1. The second-order valence-corrected chi connectivity index (χ2v) is 9.13. The Morgan fingerprint density at radius 1 is 1.14 bits per heavy atom. The Hall–Kier alpha value is -3.95. The molecule has 1 fully saturated rings. The molecule has 0 aliphatic heterocycles. The van der Waals surface area contributed by atoms with Gasteiger partial charge in [-0.3, -0.25) is 14.3 Å². The van der Waals surface area contributed by atoms with Crippen LogP contribution >= 0.6 is 0 Å². The maximum atomic E-state index is 13.4.